The molecule has 0 radical (unpaired) electrons. The predicted molar refractivity (Wildman–Crippen MR) is 82.0 cm³/mol. The van der Waals surface area contributed by atoms with E-state index in [1.165, 1.54) is 29.3 Å². The van der Waals surface area contributed by atoms with E-state index < -0.39 is 0 Å². The van der Waals surface area contributed by atoms with Crippen LogP contribution < -0.4 is 5.32 Å². The summed E-state index contributed by atoms with van der Waals surface area (Å²) in [5.74, 6) is 0.764. The van der Waals surface area contributed by atoms with Crippen LogP contribution in [0.1, 0.15) is 51.5 Å². The van der Waals surface area contributed by atoms with Gasteiger partial charge >= 0.3 is 0 Å². The summed E-state index contributed by atoms with van der Waals surface area (Å²) in [5.41, 5.74) is 1.92. The molecule has 1 aliphatic rings. The van der Waals surface area contributed by atoms with E-state index >= 15 is 0 Å². The van der Waals surface area contributed by atoms with Gasteiger partial charge in [-0.05, 0) is 48.3 Å². The van der Waals surface area contributed by atoms with Gasteiger partial charge in [0, 0.05) is 17.1 Å². The van der Waals surface area contributed by atoms with Crippen molar-refractivity contribution >= 4 is 15.9 Å². The van der Waals surface area contributed by atoms with Crippen LogP contribution in [0.15, 0.2) is 28.7 Å². The smallest absolute Gasteiger partial charge is 0.0175 e. The van der Waals surface area contributed by atoms with Crippen molar-refractivity contribution < 1.29 is 0 Å². The van der Waals surface area contributed by atoms with Crippen molar-refractivity contribution in [3.8, 4) is 0 Å². The Morgan fingerprint density at radius 3 is 2.39 bits per heavy atom. The Bertz CT molecular complexity index is 377. The summed E-state index contributed by atoms with van der Waals surface area (Å²) in [6.07, 6.45) is 3.83. The van der Waals surface area contributed by atoms with Crippen LogP contribution in [-0.2, 0) is 0 Å². The number of halogens is 1. The van der Waals surface area contributed by atoms with Gasteiger partial charge < -0.3 is 5.32 Å². The minimum Gasteiger partial charge on any atom is -0.313 e. The fourth-order valence-electron chi connectivity index (χ4n) is 2.34. The molecule has 0 aromatic heterocycles. The van der Waals surface area contributed by atoms with E-state index in [0.717, 1.165) is 18.5 Å². The highest BCUT2D eigenvalue weighted by atomic mass is 79.9. The van der Waals surface area contributed by atoms with Crippen LogP contribution in [0.4, 0.5) is 0 Å². The van der Waals surface area contributed by atoms with E-state index in [2.05, 4.69) is 66.3 Å². The van der Waals surface area contributed by atoms with Gasteiger partial charge in [0.25, 0.3) is 0 Å². The van der Waals surface area contributed by atoms with Gasteiger partial charge in [-0.25, -0.2) is 0 Å². The molecule has 1 aliphatic carbocycles. The van der Waals surface area contributed by atoms with Crippen LogP contribution in [-0.4, -0.2) is 12.6 Å². The molecule has 1 aromatic rings. The average molecular weight is 310 g/mol. The zero-order valence-corrected chi connectivity index (χ0v) is 13.3. The highest BCUT2D eigenvalue weighted by Crippen LogP contribution is 2.37. The van der Waals surface area contributed by atoms with Gasteiger partial charge in [0.2, 0.25) is 0 Å². The fraction of sp³-hybridized carbons (Fsp3) is 0.625. The summed E-state index contributed by atoms with van der Waals surface area (Å²) < 4.78 is 1.17. The fourth-order valence-corrected chi connectivity index (χ4v) is 2.60. The molecule has 1 N–H and O–H groups in total. The van der Waals surface area contributed by atoms with E-state index in [9.17, 15) is 0 Å². The second-order valence-corrected chi connectivity index (χ2v) is 7.23. The first-order valence-electron chi connectivity index (χ1n) is 6.99. The summed E-state index contributed by atoms with van der Waals surface area (Å²) in [6.45, 7) is 8.09. The van der Waals surface area contributed by atoms with E-state index in [-0.39, 0.29) is 0 Å². The average Bonchev–Trinajstić information content (AvgIpc) is 2.29. The van der Waals surface area contributed by atoms with Crippen LogP contribution in [0.2, 0.25) is 0 Å². The van der Waals surface area contributed by atoms with Crippen LogP contribution in [0, 0.1) is 5.41 Å². The lowest BCUT2D eigenvalue weighted by molar-refractivity contribution is 0.239. The largest absolute Gasteiger partial charge is 0.313 e. The maximum atomic E-state index is 3.71. The lowest BCUT2D eigenvalue weighted by Crippen LogP contribution is -2.44. The minimum absolute atomic E-state index is 0.433. The van der Waals surface area contributed by atoms with E-state index in [4.69, 9.17) is 0 Å². The highest BCUT2D eigenvalue weighted by molar-refractivity contribution is 9.10. The number of hydrogen-bond donors (Lipinski definition) is 1. The van der Waals surface area contributed by atoms with Crippen molar-refractivity contribution in [2.45, 2.75) is 52.0 Å². The predicted octanol–water partition coefficient (Wildman–Crippen LogP) is 4.72. The molecule has 0 aliphatic heterocycles. The summed E-state index contributed by atoms with van der Waals surface area (Å²) in [7, 11) is 0. The monoisotopic (exact) mass is 309 g/mol. The minimum atomic E-state index is 0.433. The first kappa shape index (κ1) is 14.1. The molecule has 1 aromatic carbocycles. The summed E-state index contributed by atoms with van der Waals surface area (Å²) >= 11 is 3.49. The number of benzene rings is 1. The second kappa shape index (κ2) is 5.75. The van der Waals surface area contributed by atoms with Gasteiger partial charge in [0.1, 0.15) is 0 Å². The molecule has 2 heteroatoms. The van der Waals surface area contributed by atoms with Gasteiger partial charge in [-0.2, -0.15) is 0 Å². The Morgan fingerprint density at radius 1 is 1.22 bits per heavy atom. The Labute approximate surface area is 119 Å². The first-order valence-corrected chi connectivity index (χ1v) is 7.78. The topological polar surface area (TPSA) is 12.0 Å². The first-order chi connectivity index (χ1) is 8.50. The van der Waals surface area contributed by atoms with Crippen molar-refractivity contribution in [1.29, 1.82) is 0 Å². The van der Waals surface area contributed by atoms with Gasteiger partial charge in [0.15, 0.2) is 0 Å². The molecule has 0 amide bonds. The molecule has 100 valence electrons. The molecular formula is C16H24BrN. The molecule has 2 rings (SSSR count). The lowest BCUT2D eigenvalue weighted by Gasteiger charge is -2.38. The third-order valence-electron chi connectivity index (χ3n) is 4.31. The van der Waals surface area contributed by atoms with Crippen molar-refractivity contribution in [2.24, 2.45) is 5.41 Å². The van der Waals surface area contributed by atoms with Gasteiger partial charge in [-0.15, -0.1) is 0 Å². The Kier molecular flexibility index (Phi) is 4.50. The third kappa shape index (κ3) is 3.58. The lowest BCUT2D eigenvalue weighted by atomic mass is 9.75. The molecule has 1 nitrogen and oxygen atoms in total. The molecule has 1 saturated carbocycles. The molecule has 0 saturated heterocycles. The van der Waals surface area contributed by atoms with Crippen molar-refractivity contribution in [1.82, 2.24) is 5.32 Å². The summed E-state index contributed by atoms with van der Waals surface area (Å²) in [6, 6.07) is 9.53. The molecule has 0 bridgehead atoms. The Morgan fingerprint density at radius 2 is 1.83 bits per heavy atom. The number of rotatable bonds is 5. The zero-order valence-electron chi connectivity index (χ0n) is 11.7. The van der Waals surface area contributed by atoms with E-state index in [1.54, 1.807) is 0 Å². The van der Waals surface area contributed by atoms with Crippen LogP contribution in [0.3, 0.4) is 0 Å². The zero-order chi connectivity index (χ0) is 13.2. The van der Waals surface area contributed by atoms with Crippen molar-refractivity contribution in [2.75, 3.05) is 6.54 Å². The quantitative estimate of drug-likeness (QED) is 0.829. The Hall–Kier alpha value is -0.340. The van der Waals surface area contributed by atoms with Gasteiger partial charge in [-0.3, -0.25) is 0 Å². The highest BCUT2D eigenvalue weighted by Gasteiger charge is 2.30. The maximum Gasteiger partial charge on any atom is 0.0175 e. The number of hydrogen-bond acceptors (Lipinski definition) is 1. The third-order valence-corrected chi connectivity index (χ3v) is 4.83. The van der Waals surface area contributed by atoms with Gasteiger partial charge in [-0.1, -0.05) is 48.8 Å². The van der Waals surface area contributed by atoms with Crippen LogP contribution in [0.5, 0.6) is 0 Å². The second-order valence-electron chi connectivity index (χ2n) is 6.32. The SMILES string of the molecule is CCC(C)(C)CNC1CC(c2ccc(Br)cc2)C1. The van der Waals surface area contributed by atoms with Crippen molar-refractivity contribution in [3.05, 3.63) is 34.3 Å². The summed E-state index contributed by atoms with van der Waals surface area (Å²) in [5, 5.41) is 3.71. The molecule has 18 heavy (non-hydrogen) atoms. The van der Waals surface area contributed by atoms with Crippen molar-refractivity contribution in [3.63, 3.8) is 0 Å². The summed E-state index contributed by atoms with van der Waals surface area (Å²) in [4.78, 5) is 0. The standard InChI is InChI=1S/C16H24BrN/c1-4-16(2,3)11-18-15-9-13(10-15)12-5-7-14(17)8-6-12/h5-8,13,15,18H,4,9-11H2,1-3H3. The molecule has 0 atom stereocenters. The molecular weight excluding hydrogens is 286 g/mol. The Balaban J connectivity index is 1.75. The molecule has 0 spiro atoms. The molecule has 0 unspecified atom stereocenters. The maximum absolute atomic E-state index is 3.71. The molecule has 0 heterocycles. The van der Waals surface area contributed by atoms with Crippen LogP contribution >= 0.6 is 15.9 Å². The number of nitrogens with one attached hydrogen (secondary N) is 1. The van der Waals surface area contributed by atoms with Crippen LogP contribution in [0.25, 0.3) is 0 Å². The van der Waals surface area contributed by atoms with E-state index in [0.29, 0.717) is 5.41 Å². The normalized spacial score (nSPS) is 23.8. The molecule has 1 fully saturated rings. The van der Waals surface area contributed by atoms with Gasteiger partial charge in [0.05, 0.1) is 0 Å². The van der Waals surface area contributed by atoms with E-state index in [1.807, 2.05) is 0 Å².